The second-order valence-electron chi connectivity index (χ2n) is 9.41. The van der Waals surface area contributed by atoms with Crippen molar-refractivity contribution in [2.45, 2.75) is 9.79 Å². The van der Waals surface area contributed by atoms with Crippen LogP contribution in [0, 0.1) is 5.82 Å². The van der Waals surface area contributed by atoms with Gasteiger partial charge in [0.15, 0.2) is 5.82 Å². The van der Waals surface area contributed by atoms with Crippen molar-refractivity contribution in [1.82, 2.24) is 15.0 Å². The highest BCUT2D eigenvalue weighted by Gasteiger charge is 2.24. The number of para-hydroxylation sites is 1. The molecule has 0 fully saturated rings. The van der Waals surface area contributed by atoms with Gasteiger partial charge in [-0.25, -0.2) is 22.3 Å². The molecule has 4 rings (SSSR count). The fourth-order valence-corrected chi connectivity index (χ4v) is 4.96. The van der Waals surface area contributed by atoms with Crippen molar-refractivity contribution < 1.29 is 37.0 Å². The number of aliphatic hydroxyl groups excluding tert-OH is 1. The van der Waals surface area contributed by atoms with E-state index in [1.807, 2.05) is 0 Å². The maximum Gasteiger partial charge on any atom is 0.335 e. The van der Waals surface area contributed by atoms with Crippen LogP contribution in [-0.2, 0) is 9.84 Å². The van der Waals surface area contributed by atoms with Gasteiger partial charge < -0.3 is 19.4 Å². The van der Waals surface area contributed by atoms with Crippen molar-refractivity contribution >= 4 is 15.8 Å². The molecule has 0 aliphatic carbocycles. The number of halogens is 1. The summed E-state index contributed by atoms with van der Waals surface area (Å²) in [6.45, 7) is 1.11. The van der Waals surface area contributed by atoms with E-state index in [-0.39, 0.29) is 44.7 Å². The molecular formula is C27H30FN4O6S+. The standard InChI is InChI=1S/C22H16FN3O5S.C5H14NO/c1-31-19-7-4-6-17(23)21(19)26-13-18(24-25-26)16-5-2-3-8-20(16)32(29,30)15-11-9-14(10-12-15)22(27)28;1-6(2,3)4-5-7/h2-13H,1H3,(H,27,28);7H,4-5H2,1-3H3/q;+1. The Hall–Kier alpha value is -4.13. The molecule has 206 valence electrons. The van der Waals surface area contributed by atoms with Gasteiger partial charge in [0.2, 0.25) is 9.84 Å². The molecule has 39 heavy (non-hydrogen) atoms. The number of carboxylic acid groups (broad SMARTS) is 1. The summed E-state index contributed by atoms with van der Waals surface area (Å²) in [5.74, 6) is -1.50. The van der Waals surface area contributed by atoms with Crippen molar-refractivity contribution in [3.63, 3.8) is 0 Å². The topological polar surface area (TPSA) is 132 Å². The van der Waals surface area contributed by atoms with Gasteiger partial charge in [-0.1, -0.05) is 29.5 Å². The average molecular weight is 558 g/mol. The fraction of sp³-hybridized carbons (Fsp3) is 0.222. The molecule has 0 atom stereocenters. The summed E-state index contributed by atoms with van der Waals surface area (Å²) >= 11 is 0. The molecule has 0 radical (unpaired) electrons. The van der Waals surface area contributed by atoms with E-state index in [2.05, 4.69) is 31.5 Å². The molecule has 12 heteroatoms. The summed E-state index contributed by atoms with van der Waals surface area (Å²) < 4.78 is 48.1. The maximum absolute atomic E-state index is 14.4. The third-order valence-electron chi connectivity index (χ3n) is 5.53. The number of hydrogen-bond donors (Lipinski definition) is 2. The number of aromatic carboxylic acids is 1. The van der Waals surface area contributed by atoms with Crippen molar-refractivity contribution in [3.05, 3.63) is 84.3 Å². The Bertz CT molecular complexity index is 1550. The average Bonchev–Trinajstić information content (AvgIpc) is 3.38. The number of sulfone groups is 1. The fourth-order valence-electron chi connectivity index (χ4n) is 3.50. The van der Waals surface area contributed by atoms with Crippen molar-refractivity contribution in [3.8, 4) is 22.7 Å². The summed E-state index contributed by atoms with van der Waals surface area (Å²) in [5.41, 5.74) is 0.477. The number of nitrogens with zero attached hydrogens (tertiary/aromatic N) is 4. The lowest BCUT2D eigenvalue weighted by Crippen LogP contribution is -2.36. The van der Waals surface area contributed by atoms with E-state index in [1.165, 1.54) is 60.5 Å². The lowest BCUT2D eigenvalue weighted by molar-refractivity contribution is -0.870. The number of ether oxygens (including phenoxy) is 1. The third kappa shape index (κ3) is 7.05. The largest absolute Gasteiger partial charge is 0.494 e. The number of aliphatic hydroxyl groups is 1. The van der Waals surface area contributed by atoms with Gasteiger partial charge in [0, 0.05) is 5.56 Å². The highest BCUT2D eigenvalue weighted by molar-refractivity contribution is 7.91. The van der Waals surface area contributed by atoms with E-state index in [0.717, 1.165) is 11.0 Å². The molecule has 1 aromatic heterocycles. The van der Waals surface area contributed by atoms with Crippen LogP contribution in [0.25, 0.3) is 16.9 Å². The van der Waals surface area contributed by atoms with Gasteiger partial charge in [-0.3, -0.25) is 0 Å². The van der Waals surface area contributed by atoms with E-state index in [1.54, 1.807) is 24.3 Å². The van der Waals surface area contributed by atoms with Crippen molar-refractivity contribution in [1.29, 1.82) is 0 Å². The summed E-state index contributed by atoms with van der Waals surface area (Å²) in [4.78, 5) is 10.9. The molecule has 0 bridgehead atoms. The zero-order chi connectivity index (χ0) is 28.8. The molecule has 0 amide bonds. The molecule has 0 aliphatic rings. The first kappa shape index (κ1) is 29.4. The van der Waals surface area contributed by atoms with Crippen LogP contribution < -0.4 is 4.74 Å². The number of hydrogen-bond acceptors (Lipinski definition) is 7. The smallest absolute Gasteiger partial charge is 0.335 e. The zero-order valence-electron chi connectivity index (χ0n) is 21.9. The zero-order valence-corrected chi connectivity index (χ0v) is 22.8. The minimum atomic E-state index is -4.01. The molecule has 0 saturated heterocycles. The summed E-state index contributed by atoms with van der Waals surface area (Å²) in [6, 6.07) is 15.4. The molecule has 1 heterocycles. The van der Waals surface area contributed by atoms with Crippen LogP contribution >= 0.6 is 0 Å². The predicted molar refractivity (Wildman–Crippen MR) is 142 cm³/mol. The number of carboxylic acids is 1. The quantitative estimate of drug-likeness (QED) is 0.316. The number of aromatic nitrogens is 3. The highest BCUT2D eigenvalue weighted by Crippen LogP contribution is 2.32. The van der Waals surface area contributed by atoms with Gasteiger partial charge in [-0.05, 0) is 42.5 Å². The Balaban J connectivity index is 0.000000532. The first-order valence-corrected chi connectivity index (χ1v) is 13.2. The van der Waals surface area contributed by atoms with Crippen LogP contribution in [0.15, 0.2) is 82.7 Å². The Morgan fingerprint density at radius 2 is 1.69 bits per heavy atom. The van der Waals surface area contributed by atoms with Gasteiger partial charge in [0.1, 0.15) is 23.7 Å². The molecule has 0 unspecified atom stereocenters. The first-order chi connectivity index (χ1) is 18.4. The molecule has 10 nitrogen and oxygen atoms in total. The van der Waals surface area contributed by atoms with Gasteiger partial charge >= 0.3 is 5.97 Å². The van der Waals surface area contributed by atoms with E-state index >= 15 is 0 Å². The number of likely N-dealkylation sites (N-methyl/N-ethyl adjacent to an activating group) is 1. The van der Waals surface area contributed by atoms with E-state index in [4.69, 9.17) is 14.9 Å². The highest BCUT2D eigenvalue weighted by atomic mass is 32.2. The number of benzene rings is 3. The maximum atomic E-state index is 14.4. The number of quaternary nitrogens is 1. The number of methoxy groups -OCH3 is 1. The Morgan fingerprint density at radius 1 is 1.03 bits per heavy atom. The van der Waals surface area contributed by atoms with Crippen LogP contribution in [0.5, 0.6) is 5.75 Å². The second kappa shape index (κ2) is 12.2. The molecule has 3 aromatic carbocycles. The number of carbonyl (C=O) groups is 1. The van der Waals surface area contributed by atoms with Crippen LogP contribution in [0.2, 0.25) is 0 Å². The second-order valence-corrected chi connectivity index (χ2v) is 11.3. The lowest BCUT2D eigenvalue weighted by atomic mass is 10.2. The minimum Gasteiger partial charge on any atom is -0.494 e. The van der Waals surface area contributed by atoms with E-state index in [0.29, 0.717) is 0 Å². The van der Waals surface area contributed by atoms with Crippen molar-refractivity contribution in [2.24, 2.45) is 0 Å². The Kier molecular flexibility index (Phi) is 9.17. The molecule has 0 spiro atoms. The van der Waals surface area contributed by atoms with Gasteiger partial charge in [-0.15, -0.1) is 5.10 Å². The summed E-state index contributed by atoms with van der Waals surface area (Å²) in [6.07, 6.45) is 1.41. The van der Waals surface area contributed by atoms with E-state index < -0.39 is 21.6 Å². The molecule has 0 aliphatic heterocycles. The third-order valence-corrected chi connectivity index (χ3v) is 7.35. The van der Waals surface area contributed by atoms with Crippen LogP contribution in [-0.4, -0.2) is 85.5 Å². The van der Waals surface area contributed by atoms with Gasteiger partial charge in [0.25, 0.3) is 0 Å². The molecule has 0 saturated carbocycles. The van der Waals surface area contributed by atoms with Crippen LogP contribution in [0.1, 0.15) is 10.4 Å². The lowest BCUT2D eigenvalue weighted by Gasteiger charge is -2.21. The minimum absolute atomic E-state index is 0.0287. The van der Waals surface area contributed by atoms with Gasteiger partial charge in [0.05, 0.1) is 56.4 Å². The monoisotopic (exact) mass is 557 g/mol. The van der Waals surface area contributed by atoms with Crippen LogP contribution in [0.3, 0.4) is 0 Å². The van der Waals surface area contributed by atoms with Gasteiger partial charge in [-0.2, -0.15) is 0 Å². The first-order valence-electron chi connectivity index (χ1n) is 11.7. The van der Waals surface area contributed by atoms with Crippen LogP contribution in [0.4, 0.5) is 4.39 Å². The van der Waals surface area contributed by atoms with E-state index in [9.17, 15) is 17.6 Å². The summed E-state index contributed by atoms with van der Waals surface area (Å²) in [7, 11) is 3.55. The number of rotatable bonds is 8. The Labute approximate surface area is 226 Å². The molecular weight excluding hydrogens is 527 g/mol. The predicted octanol–water partition coefficient (Wildman–Crippen LogP) is 3.30. The Morgan fingerprint density at radius 3 is 2.26 bits per heavy atom. The molecule has 4 aromatic rings. The molecule has 2 N–H and O–H groups in total. The summed E-state index contributed by atoms with van der Waals surface area (Å²) in [5, 5.41) is 25.4. The SMILES string of the molecule is COc1cccc(F)c1-n1cc(-c2ccccc2S(=O)(=O)c2ccc(C(=O)O)cc2)nn1.C[N+](C)(C)CCO. The van der Waals surface area contributed by atoms with Crippen molar-refractivity contribution in [2.75, 3.05) is 41.4 Å². The normalized spacial score (nSPS) is 11.4.